The SMILES string of the molecule is CC[C@@]12CC[C@@]3(C)C4=CC(=O)C(O)=C(C)C4=CC=C3[C@@]1(C)CC[C@@]1(C)CC[C@@](C)(CN(C)C)C[C@H]12. The van der Waals surface area contributed by atoms with Gasteiger partial charge in [0, 0.05) is 17.5 Å². The first-order valence-electron chi connectivity index (χ1n) is 14.0. The summed E-state index contributed by atoms with van der Waals surface area (Å²) in [7, 11) is 4.46. The van der Waals surface area contributed by atoms with Crippen LogP contribution in [0.25, 0.3) is 0 Å². The molecule has 3 nitrogen and oxygen atoms in total. The minimum absolute atomic E-state index is 0.0822. The van der Waals surface area contributed by atoms with E-state index in [4.69, 9.17) is 0 Å². The van der Waals surface area contributed by atoms with E-state index in [1.54, 1.807) is 11.6 Å². The fraction of sp³-hybridized carbons (Fsp3) is 0.719. The van der Waals surface area contributed by atoms with Crippen molar-refractivity contribution in [2.45, 2.75) is 92.9 Å². The molecule has 1 N–H and O–H groups in total. The van der Waals surface area contributed by atoms with E-state index in [0.29, 0.717) is 10.8 Å². The summed E-state index contributed by atoms with van der Waals surface area (Å²) in [4.78, 5) is 15.1. The Bertz CT molecular complexity index is 1090. The van der Waals surface area contributed by atoms with Crippen molar-refractivity contribution in [1.29, 1.82) is 0 Å². The molecular weight excluding hydrogens is 430 g/mol. The van der Waals surface area contributed by atoms with Gasteiger partial charge in [0.1, 0.15) is 0 Å². The third-order valence-electron chi connectivity index (χ3n) is 12.0. The predicted octanol–water partition coefficient (Wildman–Crippen LogP) is 7.56. The molecule has 0 unspecified atom stereocenters. The molecule has 0 amide bonds. The Balaban J connectivity index is 1.64. The van der Waals surface area contributed by atoms with Crippen LogP contribution in [0.2, 0.25) is 0 Å². The first kappa shape index (κ1) is 25.1. The Morgan fingerprint density at radius 3 is 2.34 bits per heavy atom. The number of aliphatic hydroxyl groups excluding tert-OH is 1. The zero-order valence-electron chi connectivity index (χ0n) is 23.5. The Kier molecular flexibility index (Phi) is 5.51. The van der Waals surface area contributed by atoms with Gasteiger partial charge in [-0.25, -0.2) is 0 Å². The average Bonchev–Trinajstić information content (AvgIpc) is 2.79. The van der Waals surface area contributed by atoms with E-state index >= 15 is 0 Å². The van der Waals surface area contributed by atoms with Gasteiger partial charge in [0.2, 0.25) is 5.78 Å². The number of nitrogens with zero attached hydrogens (tertiary/aromatic N) is 1. The zero-order valence-corrected chi connectivity index (χ0v) is 23.5. The Hall–Kier alpha value is -1.61. The van der Waals surface area contributed by atoms with Crippen LogP contribution in [0.5, 0.6) is 0 Å². The van der Waals surface area contributed by atoms with Crippen LogP contribution in [0.1, 0.15) is 92.9 Å². The van der Waals surface area contributed by atoms with Crippen molar-refractivity contribution >= 4 is 5.78 Å². The lowest BCUT2D eigenvalue weighted by atomic mass is 9.33. The lowest BCUT2D eigenvalue weighted by Gasteiger charge is -2.71. The fourth-order valence-electron chi connectivity index (χ4n) is 10.0. The van der Waals surface area contributed by atoms with E-state index in [-0.39, 0.29) is 27.8 Å². The number of hydrogen-bond donors (Lipinski definition) is 1. The molecule has 0 radical (unpaired) electrons. The van der Waals surface area contributed by atoms with Gasteiger partial charge in [-0.1, -0.05) is 52.3 Å². The molecule has 0 aromatic heterocycles. The number of carbonyl (C=O) groups excluding carboxylic acids is 1. The summed E-state index contributed by atoms with van der Waals surface area (Å²) in [6, 6.07) is 0. The van der Waals surface area contributed by atoms with E-state index in [2.05, 4.69) is 65.8 Å². The molecule has 3 fully saturated rings. The summed E-state index contributed by atoms with van der Waals surface area (Å²) < 4.78 is 0. The number of hydrogen-bond acceptors (Lipinski definition) is 3. The molecule has 6 atom stereocenters. The molecule has 0 spiro atoms. The third-order valence-corrected chi connectivity index (χ3v) is 12.0. The highest BCUT2D eigenvalue weighted by molar-refractivity contribution is 6.06. The van der Waals surface area contributed by atoms with Gasteiger partial charge in [-0.05, 0) is 117 Å². The highest BCUT2D eigenvalue weighted by Crippen LogP contribution is 2.76. The molecule has 5 aliphatic carbocycles. The normalized spacial score (nSPS) is 45.1. The fourth-order valence-corrected chi connectivity index (χ4v) is 10.0. The number of rotatable bonds is 3. The van der Waals surface area contributed by atoms with Crippen molar-refractivity contribution in [1.82, 2.24) is 4.90 Å². The van der Waals surface area contributed by atoms with Crippen LogP contribution >= 0.6 is 0 Å². The molecule has 0 saturated heterocycles. The highest BCUT2D eigenvalue weighted by Gasteiger charge is 2.67. The number of carbonyl (C=O) groups is 1. The van der Waals surface area contributed by atoms with Crippen LogP contribution in [0, 0.1) is 33.0 Å². The first-order chi connectivity index (χ1) is 16.3. The van der Waals surface area contributed by atoms with Gasteiger partial charge in [-0.2, -0.15) is 0 Å². The van der Waals surface area contributed by atoms with Crippen LogP contribution in [0.4, 0.5) is 0 Å². The standard InChI is InChI=1S/C32H47NO2/c1-9-32-17-15-30(5)23-18-24(34)27(35)21(2)22(23)10-11-25(30)31(32,6)16-14-29(4)13-12-28(3,19-26(29)32)20-33(7)8/h10-11,18,26,35H,9,12-17,19-20H2,1-8H3/t26-,28-,29-,30+,31-,32+/m1/s1. The summed E-state index contributed by atoms with van der Waals surface area (Å²) in [6.07, 6.45) is 16.5. The van der Waals surface area contributed by atoms with Crippen molar-refractivity contribution in [3.05, 3.63) is 46.3 Å². The van der Waals surface area contributed by atoms with E-state index in [1.807, 2.05) is 6.92 Å². The highest BCUT2D eigenvalue weighted by atomic mass is 16.3. The Labute approximate surface area is 213 Å². The molecule has 0 aromatic carbocycles. The van der Waals surface area contributed by atoms with Gasteiger partial charge in [0.15, 0.2) is 5.76 Å². The van der Waals surface area contributed by atoms with E-state index in [1.165, 1.54) is 51.5 Å². The van der Waals surface area contributed by atoms with Crippen molar-refractivity contribution in [3.63, 3.8) is 0 Å². The van der Waals surface area contributed by atoms with Crippen molar-refractivity contribution < 1.29 is 9.90 Å². The molecule has 0 aromatic rings. The van der Waals surface area contributed by atoms with Crippen LogP contribution in [0.15, 0.2) is 46.3 Å². The monoisotopic (exact) mass is 477 g/mol. The molecule has 5 rings (SSSR count). The van der Waals surface area contributed by atoms with Gasteiger partial charge in [0.05, 0.1) is 0 Å². The largest absolute Gasteiger partial charge is 0.504 e. The number of fused-ring (bicyclic) bond motifs is 7. The Morgan fingerprint density at radius 1 is 1.00 bits per heavy atom. The van der Waals surface area contributed by atoms with E-state index in [0.717, 1.165) is 29.1 Å². The molecule has 3 heteroatoms. The quantitative estimate of drug-likeness (QED) is 0.456. The second kappa shape index (κ2) is 7.70. The van der Waals surface area contributed by atoms with Crippen molar-refractivity contribution in [2.75, 3.05) is 20.6 Å². The molecule has 35 heavy (non-hydrogen) atoms. The average molecular weight is 478 g/mol. The summed E-state index contributed by atoms with van der Waals surface area (Å²) in [6.45, 7) is 15.7. The van der Waals surface area contributed by atoms with Gasteiger partial charge in [-0.3, -0.25) is 4.79 Å². The smallest absolute Gasteiger partial charge is 0.220 e. The molecule has 192 valence electrons. The number of aliphatic hydroxyl groups is 1. The third kappa shape index (κ3) is 3.22. The molecule has 0 aliphatic heterocycles. The van der Waals surface area contributed by atoms with Crippen LogP contribution in [-0.2, 0) is 4.79 Å². The lowest BCUT2D eigenvalue weighted by Crippen LogP contribution is -2.63. The van der Waals surface area contributed by atoms with Crippen LogP contribution < -0.4 is 0 Å². The maximum absolute atomic E-state index is 12.7. The topological polar surface area (TPSA) is 40.5 Å². The first-order valence-corrected chi connectivity index (χ1v) is 14.0. The summed E-state index contributed by atoms with van der Waals surface area (Å²) >= 11 is 0. The summed E-state index contributed by atoms with van der Waals surface area (Å²) in [5, 5.41) is 10.4. The predicted molar refractivity (Wildman–Crippen MR) is 144 cm³/mol. The molecular formula is C32H47NO2. The molecule has 0 heterocycles. The maximum Gasteiger partial charge on any atom is 0.220 e. The zero-order chi connectivity index (χ0) is 25.6. The lowest BCUT2D eigenvalue weighted by molar-refractivity contribution is -0.174. The second-order valence-electron chi connectivity index (χ2n) is 14.2. The van der Waals surface area contributed by atoms with Gasteiger partial charge in [-0.15, -0.1) is 0 Å². The van der Waals surface area contributed by atoms with Crippen LogP contribution in [-0.4, -0.2) is 36.4 Å². The molecule has 3 saturated carbocycles. The molecule has 5 aliphatic rings. The summed E-state index contributed by atoms with van der Waals surface area (Å²) in [5.74, 6) is 0.416. The minimum Gasteiger partial charge on any atom is -0.504 e. The Morgan fingerprint density at radius 2 is 1.69 bits per heavy atom. The van der Waals surface area contributed by atoms with E-state index < -0.39 is 0 Å². The van der Waals surface area contributed by atoms with Gasteiger partial charge < -0.3 is 10.0 Å². The number of ketones is 1. The summed E-state index contributed by atoms with van der Waals surface area (Å²) in [5.41, 5.74) is 5.59. The van der Waals surface area contributed by atoms with E-state index in [9.17, 15) is 9.90 Å². The minimum atomic E-state index is -0.224. The maximum atomic E-state index is 12.7. The van der Waals surface area contributed by atoms with Gasteiger partial charge >= 0.3 is 0 Å². The van der Waals surface area contributed by atoms with Crippen molar-refractivity contribution in [2.24, 2.45) is 33.0 Å². The second-order valence-corrected chi connectivity index (χ2v) is 14.2. The number of allylic oxidation sites excluding steroid dienone is 7. The van der Waals surface area contributed by atoms with Crippen molar-refractivity contribution in [3.8, 4) is 0 Å². The molecule has 0 bridgehead atoms. The van der Waals surface area contributed by atoms with Gasteiger partial charge in [0.25, 0.3) is 0 Å². The van der Waals surface area contributed by atoms with Crippen LogP contribution in [0.3, 0.4) is 0 Å².